The summed E-state index contributed by atoms with van der Waals surface area (Å²) in [6, 6.07) is 0. The van der Waals surface area contributed by atoms with Crippen molar-refractivity contribution in [3.05, 3.63) is 23.3 Å². The van der Waals surface area contributed by atoms with Gasteiger partial charge in [-0.25, -0.2) is 9.97 Å². The minimum absolute atomic E-state index is 0.103. The number of likely N-dealkylation sites (tertiary alicyclic amines) is 1. The second-order valence-corrected chi connectivity index (χ2v) is 7.64. The summed E-state index contributed by atoms with van der Waals surface area (Å²) in [5.41, 5.74) is 2.13. The van der Waals surface area contributed by atoms with E-state index in [0.717, 1.165) is 62.4 Å². The van der Waals surface area contributed by atoms with Crippen molar-refractivity contribution in [1.82, 2.24) is 19.8 Å². The van der Waals surface area contributed by atoms with Crippen molar-refractivity contribution in [1.29, 1.82) is 0 Å². The molecule has 3 heterocycles. The third-order valence-electron chi connectivity index (χ3n) is 5.97. The fraction of sp³-hybridized carbons (Fsp3) is 0.684. The van der Waals surface area contributed by atoms with Crippen molar-refractivity contribution in [3.63, 3.8) is 0 Å². The minimum Gasteiger partial charge on any atom is -0.342 e. The Morgan fingerprint density at radius 2 is 1.92 bits per heavy atom. The Bertz CT molecular complexity index is 684. The van der Waals surface area contributed by atoms with Crippen LogP contribution in [0.25, 0.3) is 0 Å². The average Bonchev–Trinajstić information content (AvgIpc) is 3.32. The first-order valence-corrected chi connectivity index (χ1v) is 9.51. The van der Waals surface area contributed by atoms with Crippen LogP contribution in [0.5, 0.6) is 0 Å². The average molecular weight is 342 g/mol. The van der Waals surface area contributed by atoms with Crippen LogP contribution in [0.2, 0.25) is 0 Å². The number of hydrogen-bond donors (Lipinski definition) is 0. The number of rotatable bonds is 2. The van der Waals surface area contributed by atoms with E-state index in [9.17, 15) is 9.59 Å². The Hall–Kier alpha value is -1.98. The summed E-state index contributed by atoms with van der Waals surface area (Å²) >= 11 is 0. The molecule has 2 amide bonds. The minimum atomic E-state index is 0.103. The highest BCUT2D eigenvalue weighted by Gasteiger charge is 2.34. The van der Waals surface area contributed by atoms with Crippen LogP contribution in [0.4, 0.5) is 0 Å². The molecule has 0 aromatic carbocycles. The fourth-order valence-electron chi connectivity index (χ4n) is 4.40. The Kier molecular flexibility index (Phi) is 4.44. The van der Waals surface area contributed by atoms with Gasteiger partial charge in [-0.15, -0.1) is 0 Å². The van der Waals surface area contributed by atoms with Gasteiger partial charge in [0.2, 0.25) is 11.8 Å². The lowest BCUT2D eigenvalue weighted by Gasteiger charge is -2.27. The van der Waals surface area contributed by atoms with Crippen molar-refractivity contribution >= 4 is 11.8 Å². The molecular formula is C19H26N4O2. The van der Waals surface area contributed by atoms with Gasteiger partial charge in [0.25, 0.3) is 0 Å². The first kappa shape index (κ1) is 16.5. The molecule has 1 aliphatic carbocycles. The standard InChI is InChI=1S/C19H26N4O2/c1-13(24)22-9-7-17-16(12-22)10-20-18(21-17)15-6-8-23(11-15)19(25)14-4-2-3-5-14/h10,14-15H,2-9,11-12H2,1H3. The molecular weight excluding hydrogens is 316 g/mol. The molecule has 6 heteroatoms. The second-order valence-electron chi connectivity index (χ2n) is 7.64. The van der Waals surface area contributed by atoms with Gasteiger partial charge < -0.3 is 9.80 Å². The van der Waals surface area contributed by atoms with Gasteiger partial charge in [-0.1, -0.05) is 12.8 Å². The van der Waals surface area contributed by atoms with Crippen LogP contribution < -0.4 is 0 Å². The van der Waals surface area contributed by atoms with Crippen molar-refractivity contribution in [2.75, 3.05) is 19.6 Å². The van der Waals surface area contributed by atoms with Crippen LogP contribution in [0.15, 0.2) is 6.20 Å². The Morgan fingerprint density at radius 1 is 1.12 bits per heavy atom. The van der Waals surface area contributed by atoms with E-state index in [-0.39, 0.29) is 17.7 Å². The zero-order valence-electron chi connectivity index (χ0n) is 14.9. The summed E-state index contributed by atoms with van der Waals surface area (Å²) in [5, 5.41) is 0. The first-order chi connectivity index (χ1) is 12.1. The quantitative estimate of drug-likeness (QED) is 0.823. The van der Waals surface area contributed by atoms with E-state index in [1.165, 1.54) is 12.8 Å². The topological polar surface area (TPSA) is 66.4 Å². The highest BCUT2D eigenvalue weighted by atomic mass is 16.2. The molecule has 2 fully saturated rings. The van der Waals surface area contributed by atoms with E-state index in [1.54, 1.807) is 6.92 Å². The Labute approximate surface area is 148 Å². The van der Waals surface area contributed by atoms with Crippen LogP contribution in [-0.4, -0.2) is 51.2 Å². The molecule has 0 bridgehead atoms. The van der Waals surface area contributed by atoms with Gasteiger partial charge in [0.15, 0.2) is 0 Å². The highest BCUT2D eigenvalue weighted by Crippen LogP contribution is 2.31. The molecule has 134 valence electrons. The summed E-state index contributed by atoms with van der Waals surface area (Å²) in [6.07, 6.45) is 8.13. The largest absolute Gasteiger partial charge is 0.342 e. The SMILES string of the molecule is CC(=O)N1CCc2nc(C3CCN(C(=O)C4CCCC4)C3)ncc2C1. The van der Waals surface area contributed by atoms with Crippen LogP contribution in [0, 0.1) is 5.92 Å². The second kappa shape index (κ2) is 6.73. The van der Waals surface area contributed by atoms with E-state index >= 15 is 0 Å². The number of fused-ring (bicyclic) bond motifs is 1. The maximum atomic E-state index is 12.6. The molecule has 1 saturated heterocycles. The van der Waals surface area contributed by atoms with E-state index < -0.39 is 0 Å². The fourth-order valence-corrected chi connectivity index (χ4v) is 4.40. The number of nitrogens with zero attached hydrogens (tertiary/aromatic N) is 4. The van der Waals surface area contributed by atoms with E-state index in [4.69, 9.17) is 4.98 Å². The summed E-state index contributed by atoms with van der Waals surface area (Å²) in [6.45, 7) is 4.54. The monoisotopic (exact) mass is 342 g/mol. The first-order valence-electron chi connectivity index (χ1n) is 9.51. The van der Waals surface area contributed by atoms with Gasteiger partial charge in [-0.2, -0.15) is 0 Å². The number of carbonyl (C=O) groups excluding carboxylic acids is 2. The lowest BCUT2D eigenvalue weighted by molar-refractivity contribution is -0.134. The van der Waals surface area contributed by atoms with Crippen LogP contribution in [-0.2, 0) is 22.6 Å². The summed E-state index contributed by atoms with van der Waals surface area (Å²) in [7, 11) is 0. The number of carbonyl (C=O) groups is 2. The van der Waals surface area contributed by atoms with Gasteiger partial charge >= 0.3 is 0 Å². The van der Waals surface area contributed by atoms with E-state index in [1.807, 2.05) is 16.0 Å². The normalized spacial score (nSPS) is 23.8. The molecule has 1 unspecified atom stereocenters. The highest BCUT2D eigenvalue weighted by molar-refractivity contribution is 5.79. The third-order valence-corrected chi connectivity index (χ3v) is 5.97. The van der Waals surface area contributed by atoms with Crippen molar-refractivity contribution in [3.8, 4) is 0 Å². The molecule has 6 nitrogen and oxygen atoms in total. The van der Waals surface area contributed by atoms with Crippen molar-refractivity contribution < 1.29 is 9.59 Å². The van der Waals surface area contributed by atoms with Gasteiger partial charge in [-0.3, -0.25) is 9.59 Å². The van der Waals surface area contributed by atoms with Crippen LogP contribution in [0.3, 0.4) is 0 Å². The van der Waals surface area contributed by atoms with Crippen molar-refractivity contribution in [2.45, 2.75) is 57.9 Å². The van der Waals surface area contributed by atoms with Crippen molar-refractivity contribution in [2.24, 2.45) is 5.92 Å². The number of hydrogen-bond acceptors (Lipinski definition) is 4. The molecule has 3 aliphatic rings. The van der Waals surface area contributed by atoms with E-state index in [0.29, 0.717) is 12.5 Å². The van der Waals surface area contributed by atoms with Crippen LogP contribution in [0.1, 0.15) is 62.0 Å². The molecule has 0 N–H and O–H groups in total. The molecule has 4 rings (SSSR count). The maximum absolute atomic E-state index is 12.6. The molecule has 0 spiro atoms. The molecule has 1 saturated carbocycles. The zero-order chi connectivity index (χ0) is 17.4. The molecule has 0 radical (unpaired) electrons. The molecule has 1 atom stereocenters. The predicted octanol–water partition coefficient (Wildman–Crippen LogP) is 1.89. The third kappa shape index (κ3) is 3.26. The number of amides is 2. The van der Waals surface area contributed by atoms with Gasteiger partial charge in [0.05, 0.1) is 5.69 Å². The van der Waals surface area contributed by atoms with Gasteiger partial charge in [0, 0.05) is 63.1 Å². The lowest BCUT2D eigenvalue weighted by Crippen LogP contribution is -2.35. The molecule has 1 aromatic rings. The maximum Gasteiger partial charge on any atom is 0.225 e. The summed E-state index contributed by atoms with van der Waals surface area (Å²) in [4.78, 5) is 37.4. The Balaban J connectivity index is 1.43. The van der Waals surface area contributed by atoms with Gasteiger partial charge in [0.1, 0.15) is 5.82 Å². The van der Waals surface area contributed by atoms with Crippen LogP contribution >= 0.6 is 0 Å². The Morgan fingerprint density at radius 3 is 2.68 bits per heavy atom. The smallest absolute Gasteiger partial charge is 0.225 e. The summed E-state index contributed by atoms with van der Waals surface area (Å²) < 4.78 is 0. The predicted molar refractivity (Wildman–Crippen MR) is 92.7 cm³/mol. The molecule has 25 heavy (non-hydrogen) atoms. The van der Waals surface area contributed by atoms with Gasteiger partial charge in [-0.05, 0) is 19.3 Å². The lowest BCUT2D eigenvalue weighted by atomic mass is 10.0. The molecule has 2 aliphatic heterocycles. The number of aromatic nitrogens is 2. The zero-order valence-corrected chi connectivity index (χ0v) is 14.9. The summed E-state index contributed by atoms with van der Waals surface area (Å²) in [5.74, 6) is 1.82. The molecule has 1 aromatic heterocycles. The van der Waals surface area contributed by atoms with E-state index in [2.05, 4.69) is 4.98 Å².